The van der Waals surface area contributed by atoms with Crippen LogP contribution in [0.2, 0.25) is 0 Å². The molecule has 0 aromatic carbocycles. The zero-order valence-corrected chi connectivity index (χ0v) is 14.2. The van der Waals surface area contributed by atoms with Crippen molar-refractivity contribution in [2.75, 3.05) is 26.0 Å². The predicted octanol–water partition coefficient (Wildman–Crippen LogP) is 1.15. The first-order valence-electron chi connectivity index (χ1n) is 7.97. The van der Waals surface area contributed by atoms with Gasteiger partial charge in [0.25, 0.3) is 0 Å². The number of hydrogen-bond acceptors (Lipinski definition) is 5. The highest BCUT2D eigenvalue weighted by atomic mass is 32.2. The molecule has 1 amide bonds. The number of carbonyl (C=O) groups excluding carboxylic acids is 2. The van der Waals surface area contributed by atoms with Crippen LogP contribution in [0.1, 0.15) is 45.4 Å². The van der Waals surface area contributed by atoms with Crippen molar-refractivity contribution >= 4 is 21.7 Å². The van der Waals surface area contributed by atoms with Crippen molar-refractivity contribution in [3.8, 4) is 0 Å². The van der Waals surface area contributed by atoms with Crippen molar-refractivity contribution in [1.29, 1.82) is 0 Å². The van der Waals surface area contributed by atoms with Gasteiger partial charge in [-0.15, -0.1) is 0 Å². The smallest absolute Gasteiger partial charge is 0.310 e. The number of nitrogens with zero attached hydrogens (tertiary/aromatic N) is 1. The van der Waals surface area contributed by atoms with Crippen molar-refractivity contribution in [2.24, 2.45) is 5.92 Å². The van der Waals surface area contributed by atoms with Gasteiger partial charge in [0.05, 0.1) is 12.5 Å². The standard InChI is InChI=1S/C15H25NO5S/c1-3-21-13(17)12-7-6-10-16(11-12)14(18)15(22(2,19)20)8-4-5-9-15/h12H,3-11H2,1-2H3/t12-/m0/s1. The van der Waals surface area contributed by atoms with Gasteiger partial charge in [0, 0.05) is 19.3 Å². The summed E-state index contributed by atoms with van der Waals surface area (Å²) in [5.74, 6) is -0.947. The van der Waals surface area contributed by atoms with E-state index in [1.165, 1.54) is 0 Å². The van der Waals surface area contributed by atoms with Gasteiger partial charge >= 0.3 is 5.97 Å². The molecule has 2 aliphatic rings. The molecule has 1 aliphatic heterocycles. The molecule has 1 saturated heterocycles. The third-order valence-corrected chi connectivity index (χ3v) is 6.84. The Kier molecular flexibility index (Phi) is 5.14. The highest BCUT2D eigenvalue weighted by Crippen LogP contribution is 2.39. The van der Waals surface area contributed by atoms with Gasteiger partial charge in [0.15, 0.2) is 14.6 Å². The number of rotatable bonds is 4. The van der Waals surface area contributed by atoms with Crippen LogP contribution in [0.4, 0.5) is 0 Å². The zero-order chi connectivity index (χ0) is 16.4. The monoisotopic (exact) mass is 331 g/mol. The van der Waals surface area contributed by atoms with E-state index < -0.39 is 14.6 Å². The lowest BCUT2D eigenvalue weighted by atomic mass is 9.96. The molecule has 0 spiro atoms. The van der Waals surface area contributed by atoms with E-state index in [1.807, 2.05) is 0 Å². The Hall–Kier alpha value is -1.11. The summed E-state index contributed by atoms with van der Waals surface area (Å²) in [5.41, 5.74) is 0. The summed E-state index contributed by atoms with van der Waals surface area (Å²) < 4.78 is 28.2. The van der Waals surface area contributed by atoms with Crippen LogP contribution >= 0.6 is 0 Å². The number of amides is 1. The fraction of sp³-hybridized carbons (Fsp3) is 0.867. The van der Waals surface area contributed by atoms with Crippen LogP contribution in [0, 0.1) is 5.92 Å². The molecule has 2 rings (SSSR count). The van der Waals surface area contributed by atoms with Crippen LogP contribution in [0.25, 0.3) is 0 Å². The Labute approximate surface area is 132 Å². The Balaban J connectivity index is 2.16. The van der Waals surface area contributed by atoms with E-state index in [-0.39, 0.29) is 24.3 Å². The third-order valence-electron chi connectivity index (χ3n) is 4.84. The van der Waals surface area contributed by atoms with Gasteiger partial charge in [-0.25, -0.2) is 8.42 Å². The molecule has 1 aliphatic carbocycles. The number of piperidine rings is 1. The van der Waals surface area contributed by atoms with E-state index in [1.54, 1.807) is 11.8 Å². The average molecular weight is 331 g/mol. The number of likely N-dealkylation sites (tertiary alicyclic amines) is 1. The zero-order valence-electron chi connectivity index (χ0n) is 13.3. The average Bonchev–Trinajstić information content (AvgIpc) is 2.97. The lowest BCUT2D eigenvalue weighted by Crippen LogP contribution is -2.55. The Morgan fingerprint density at radius 2 is 1.86 bits per heavy atom. The minimum absolute atomic E-state index is 0.273. The second-order valence-corrected chi connectivity index (χ2v) is 8.64. The fourth-order valence-electron chi connectivity index (χ4n) is 3.59. The van der Waals surface area contributed by atoms with Crippen LogP contribution in [0.3, 0.4) is 0 Å². The molecule has 0 aromatic rings. The van der Waals surface area contributed by atoms with E-state index in [0.717, 1.165) is 19.1 Å². The maximum absolute atomic E-state index is 12.9. The van der Waals surface area contributed by atoms with Gasteiger partial charge in [-0.05, 0) is 32.6 Å². The number of hydrogen-bond donors (Lipinski definition) is 0. The predicted molar refractivity (Wildman–Crippen MR) is 82.0 cm³/mol. The molecule has 1 saturated carbocycles. The molecule has 1 atom stereocenters. The van der Waals surface area contributed by atoms with Crippen molar-refractivity contribution in [3.05, 3.63) is 0 Å². The second kappa shape index (κ2) is 6.56. The first kappa shape index (κ1) is 17.2. The molecular formula is C15H25NO5S. The molecule has 0 unspecified atom stereocenters. The van der Waals surface area contributed by atoms with Crippen LogP contribution in [-0.2, 0) is 24.2 Å². The maximum atomic E-state index is 12.9. The van der Waals surface area contributed by atoms with Crippen LogP contribution in [0.15, 0.2) is 0 Å². The van der Waals surface area contributed by atoms with Gasteiger partial charge in [0.2, 0.25) is 5.91 Å². The summed E-state index contributed by atoms with van der Waals surface area (Å²) in [7, 11) is -3.47. The van der Waals surface area contributed by atoms with Gasteiger partial charge in [-0.1, -0.05) is 12.8 Å². The Morgan fingerprint density at radius 1 is 1.23 bits per heavy atom. The van der Waals surface area contributed by atoms with Gasteiger partial charge < -0.3 is 9.64 Å². The molecule has 0 N–H and O–H groups in total. The quantitative estimate of drug-likeness (QED) is 0.722. The summed E-state index contributed by atoms with van der Waals surface area (Å²) in [5, 5.41) is 0. The maximum Gasteiger partial charge on any atom is 0.310 e. The Morgan fingerprint density at radius 3 is 2.41 bits per heavy atom. The van der Waals surface area contributed by atoms with Gasteiger partial charge in [0.1, 0.15) is 0 Å². The highest BCUT2D eigenvalue weighted by molar-refractivity contribution is 7.92. The summed E-state index contributed by atoms with van der Waals surface area (Å²) in [6, 6.07) is 0. The molecule has 0 bridgehead atoms. The SMILES string of the molecule is CCOC(=O)[C@H]1CCCN(C(=O)C2(S(C)(=O)=O)CCCC2)C1. The second-order valence-electron chi connectivity index (χ2n) is 6.32. The van der Waals surface area contributed by atoms with Gasteiger partial charge in [-0.2, -0.15) is 0 Å². The molecule has 22 heavy (non-hydrogen) atoms. The summed E-state index contributed by atoms with van der Waals surface area (Å²) >= 11 is 0. The highest BCUT2D eigenvalue weighted by Gasteiger charge is 2.52. The minimum Gasteiger partial charge on any atom is -0.466 e. The molecule has 6 nitrogen and oxygen atoms in total. The summed E-state index contributed by atoms with van der Waals surface area (Å²) in [6.07, 6.45) is 4.85. The molecule has 1 heterocycles. The first-order valence-corrected chi connectivity index (χ1v) is 9.86. The van der Waals surface area contributed by atoms with Crippen molar-refractivity contribution in [2.45, 2.75) is 50.2 Å². The van der Waals surface area contributed by atoms with E-state index in [9.17, 15) is 18.0 Å². The van der Waals surface area contributed by atoms with E-state index in [2.05, 4.69) is 0 Å². The van der Waals surface area contributed by atoms with Crippen LogP contribution in [-0.4, -0.2) is 55.9 Å². The molecular weight excluding hydrogens is 306 g/mol. The number of carbonyl (C=O) groups is 2. The minimum atomic E-state index is -3.47. The van der Waals surface area contributed by atoms with Gasteiger partial charge in [-0.3, -0.25) is 9.59 Å². The molecule has 126 valence electrons. The van der Waals surface area contributed by atoms with Crippen molar-refractivity contribution in [1.82, 2.24) is 4.90 Å². The van der Waals surface area contributed by atoms with E-state index >= 15 is 0 Å². The van der Waals surface area contributed by atoms with Crippen LogP contribution < -0.4 is 0 Å². The summed E-state index contributed by atoms with van der Waals surface area (Å²) in [6.45, 7) is 2.86. The number of ether oxygens (including phenoxy) is 1. The first-order chi connectivity index (χ1) is 10.3. The van der Waals surface area contributed by atoms with Crippen molar-refractivity contribution < 1.29 is 22.7 Å². The van der Waals surface area contributed by atoms with E-state index in [4.69, 9.17) is 4.74 Å². The van der Waals surface area contributed by atoms with E-state index in [0.29, 0.717) is 38.8 Å². The number of esters is 1. The third kappa shape index (κ3) is 3.14. The number of sulfone groups is 1. The lowest BCUT2D eigenvalue weighted by molar-refractivity contribution is -0.151. The molecule has 0 aromatic heterocycles. The molecule has 7 heteroatoms. The normalized spacial score (nSPS) is 25.0. The fourth-order valence-corrected chi connectivity index (χ4v) is 5.07. The molecule has 2 fully saturated rings. The summed E-state index contributed by atoms with van der Waals surface area (Å²) in [4.78, 5) is 26.3. The molecule has 0 radical (unpaired) electrons. The Bertz CT molecular complexity index is 536. The topological polar surface area (TPSA) is 80.8 Å². The largest absolute Gasteiger partial charge is 0.466 e. The van der Waals surface area contributed by atoms with Crippen molar-refractivity contribution in [3.63, 3.8) is 0 Å². The lowest BCUT2D eigenvalue weighted by Gasteiger charge is -2.37. The van der Waals surface area contributed by atoms with Crippen LogP contribution in [0.5, 0.6) is 0 Å².